The van der Waals surface area contributed by atoms with Crippen molar-refractivity contribution in [2.45, 2.75) is 121 Å². The Labute approximate surface area is 388 Å². The van der Waals surface area contributed by atoms with E-state index >= 15 is 0 Å². The van der Waals surface area contributed by atoms with Crippen LogP contribution in [0.5, 0.6) is 0 Å². The summed E-state index contributed by atoms with van der Waals surface area (Å²) in [5, 5.41) is 36.8. The van der Waals surface area contributed by atoms with Gasteiger partial charge in [-0.1, -0.05) is 74.6 Å². The molecule has 10 atom stereocenters. The SMILES string of the molecule is C=C1/C(=C\C=C2/CCC[C@@]3(C)C2CCC3[C@@H](C)/C=C/C(O)C2CC2)C[C@@H](O)C[C@@H]1OC(=O)Nc1ccc(Cc2ccc(NC(=O)OCC3OC(n4ccc(N)nc4=O)C(F)(F)C3O)cc2)cc1. The molecule has 14 nitrogen and oxygen atoms in total. The molecule has 5 fully saturated rings. The van der Waals surface area contributed by atoms with Crippen LogP contribution in [0.3, 0.4) is 0 Å². The largest absolute Gasteiger partial charge is 0.446 e. The zero-order valence-electron chi connectivity index (χ0n) is 37.9. The van der Waals surface area contributed by atoms with Gasteiger partial charge < -0.3 is 35.3 Å². The average molecular weight is 926 g/mol. The first-order valence-corrected chi connectivity index (χ1v) is 23.3. The molecule has 67 heavy (non-hydrogen) atoms. The zero-order chi connectivity index (χ0) is 47.6. The molecule has 0 radical (unpaired) electrons. The molecule has 4 saturated carbocycles. The number of anilines is 3. The first kappa shape index (κ1) is 47.8. The summed E-state index contributed by atoms with van der Waals surface area (Å²) in [4.78, 5) is 41.1. The fraction of sp³-hybridized carbons (Fsp3) is 0.490. The molecule has 0 bridgehead atoms. The number of hydrogen-bond acceptors (Lipinski definition) is 11. The monoisotopic (exact) mass is 925 g/mol. The lowest BCUT2D eigenvalue weighted by Crippen LogP contribution is -2.42. The first-order chi connectivity index (χ1) is 32.0. The third-order valence-corrected chi connectivity index (χ3v) is 14.6. The second kappa shape index (κ2) is 19.9. The molecule has 16 heteroatoms. The molecule has 1 aromatic heterocycles. The molecule has 8 rings (SSSR count). The number of alkyl halides is 2. The van der Waals surface area contributed by atoms with Crippen molar-refractivity contribution in [2.24, 2.45) is 29.1 Å². The topological polar surface area (TPSA) is 207 Å². The number of nitrogen functional groups attached to an aromatic ring is 1. The number of rotatable bonds is 13. The van der Waals surface area contributed by atoms with Crippen LogP contribution in [0.4, 0.5) is 35.6 Å². The molecule has 4 aliphatic carbocycles. The molecule has 6 unspecified atom stereocenters. The lowest BCUT2D eigenvalue weighted by Gasteiger charge is -2.44. The normalized spacial score (nSPS) is 30.3. The van der Waals surface area contributed by atoms with Gasteiger partial charge in [-0.25, -0.2) is 14.4 Å². The minimum absolute atomic E-state index is 0.169. The number of nitrogens with two attached hydrogens (primary N) is 1. The van der Waals surface area contributed by atoms with Crippen molar-refractivity contribution < 1.29 is 47.9 Å². The third-order valence-electron chi connectivity index (χ3n) is 14.6. The summed E-state index contributed by atoms with van der Waals surface area (Å²) in [7, 11) is 0. The number of allylic oxidation sites excluding steroid dienone is 4. The zero-order valence-corrected chi connectivity index (χ0v) is 37.9. The van der Waals surface area contributed by atoms with E-state index in [1.54, 1.807) is 36.4 Å². The van der Waals surface area contributed by atoms with Crippen LogP contribution >= 0.6 is 0 Å². The lowest BCUT2D eigenvalue weighted by molar-refractivity contribution is -0.140. The maximum atomic E-state index is 14.8. The van der Waals surface area contributed by atoms with Crippen LogP contribution in [0, 0.1) is 29.1 Å². The van der Waals surface area contributed by atoms with Crippen LogP contribution in [0.25, 0.3) is 0 Å². The van der Waals surface area contributed by atoms with Gasteiger partial charge in [-0.3, -0.25) is 15.2 Å². The average Bonchev–Trinajstić information content (AvgIpc) is 4.04. The van der Waals surface area contributed by atoms with E-state index in [1.807, 2.05) is 18.2 Å². The Bertz CT molecular complexity index is 2450. The molecule has 0 spiro atoms. The van der Waals surface area contributed by atoms with Crippen LogP contribution in [0.2, 0.25) is 0 Å². The number of halogens is 2. The summed E-state index contributed by atoms with van der Waals surface area (Å²) in [5.74, 6) is -2.18. The number of carbonyl (C=O) groups is 2. The molecule has 2 aromatic carbocycles. The van der Waals surface area contributed by atoms with E-state index in [1.165, 1.54) is 18.4 Å². The number of aliphatic hydroxyl groups is 3. The summed E-state index contributed by atoms with van der Waals surface area (Å²) < 4.78 is 46.3. The lowest BCUT2D eigenvalue weighted by atomic mass is 9.61. The smallest absolute Gasteiger partial charge is 0.412 e. The van der Waals surface area contributed by atoms with E-state index < -0.39 is 61.0 Å². The number of nitrogens with one attached hydrogen (secondary N) is 2. The van der Waals surface area contributed by atoms with Crippen LogP contribution in [0.15, 0.2) is 113 Å². The second-order valence-electron chi connectivity index (χ2n) is 19.2. The van der Waals surface area contributed by atoms with E-state index in [0.717, 1.165) is 61.1 Å². The third kappa shape index (κ3) is 10.9. The maximum absolute atomic E-state index is 14.8. The summed E-state index contributed by atoms with van der Waals surface area (Å²) in [6.07, 6.45) is 9.25. The minimum Gasteiger partial charge on any atom is -0.446 e. The maximum Gasteiger partial charge on any atom is 0.412 e. The Morgan fingerprint density at radius 2 is 1.67 bits per heavy atom. The number of benzene rings is 2. The molecule has 358 valence electrons. The number of fused-ring (bicyclic) bond motifs is 1. The number of amides is 2. The highest BCUT2D eigenvalue weighted by atomic mass is 19.3. The van der Waals surface area contributed by atoms with Crippen molar-refractivity contribution in [1.29, 1.82) is 0 Å². The van der Waals surface area contributed by atoms with Gasteiger partial charge in [-0.2, -0.15) is 13.8 Å². The van der Waals surface area contributed by atoms with Gasteiger partial charge in [0.2, 0.25) is 6.23 Å². The predicted molar refractivity (Wildman–Crippen MR) is 248 cm³/mol. The van der Waals surface area contributed by atoms with Gasteiger partial charge in [0, 0.05) is 24.0 Å². The highest BCUT2D eigenvalue weighted by Gasteiger charge is 2.60. The molecule has 5 aliphatic rings. The van der Waals surface area contributed by atoms with Crippen molar-refractivity contribution in [3.05, 3.63) is 130 Å². The Balaban J connectivity index is 0.792. The summed E-state index contributed by atoms with van der Waals surface area (Å²) in [6, 6.07) is 15.3. The van der Waals surface area contributed by atoms with Crippen molar-refractivity contribution >= 4 is 29.4 Å². The number of nitrogens with zero attached hydrogens (tertiary/aromatic N) is 2. The summed E-state index contributed by atoms with van der Waals surface area (Å²) in [5.41, 5.74) is 10.3. The molecule has 7 N–H and O–H groups in total. The highest BCUT2D eigenvalue weighted by Crippen LogP contribution is 2.59. The fourth-order valence-corrected chi connectivity index (χ4v) is 10.7. The predicted octanol–water partition coefficient (Wildman–Crippen LogP) is 8.22. The Kier molecular flexibility index (Phi) is 14.2. The van der Waals surface area contributed by atoms with Crippen molar-refractivity contribution in [3.63, 3.8) is 0 Å². The Morgan fingerprint density at radius 1 is 1.00 bits per heavy atom. The van der Waals surface area contributed by atoms with Gasteiger partial charge in [0.05, 0.1) is 12.2 Å². The van der Waals surface area contributed by atoms with Crippen LogP contribution in [0.1, 0.15) is 89.0 Å². The van der Waals surface area contributed by atoms with Crippen molar-refractivity contribution in [3.8, 4) is 0 Å². The standard InChI is InChI=1S/C51H61F2N5O9/c1-29(6-21-41(60)34-12-13-34)39-19-20-40-33(5-4-23-50(39,40)3)11-14-35-26-38(59)27-42(30(35)2)67-49(64)56-37-17-9-32(10-18-37)25-31-7-15-36(16-8-31)55-48(63)65-28-43-45(61)51(52,53)46(66-43)58-24-22-44(54)57-47(58)62/h6-11,14-18,21-22,24,29,34,38-43,45-46,59-61H,2,4-5,12-13,19-20,23,25-28H2,1,3H3,(H,55,63)(H,56,64)(H2,54,57,62)/b21-6+,33-11+,35-14-/t29-,38+,39?,40?,41?,42-,43?,45?,46?,50+/m0/s1. The summed E-state index contributed by atoms with van der Waals surface area (Å²) in [6.45, 7) is 8.33. The van der Waals surface area contributed by atoms with E-state index in [-0.39, 0.29) is 23.8 Å². The van der Waals surface area contributed by atoms with E-state index in [4.69, 9.17) is 19.9 Å². The Morgan fingerprint density at radius 3 is 2.33 bits per heavy atom. The van der Waals surface area contributed by atoms with Gasteiger partial charge in [-0.05, 0) is 139 Å². The van der Waals surface area contributed by atoms with Crippen LogP contribution in [-0.4, -0.2) is 80.1 Å². The fourth-order valence-electron chi connectivity index (χ4n) is 10.7. The number of hydrogen-bond donors (Lipinski definition) is 6. The highest BCUT2D eigenvalue weighted by molar-refractivity contribution is 5.85. The van der Waals surface area contributed by atoms with Gasteiger partial charge in [0.1, 0.15) is 24.6 Å². The van der Waals surface area contributed by atoms with Crippen molar-refractivity contribution in [2.75, 3.05) is 23.0 Å². The van der Waals surface area contributed by atoms with Gasteiger partial charge in [0.15, 0.2) is 6.10 Å². The van der Waals surface area contributed by atoms with E-state index in [2.05, 4.69) is 54.3 Å². The molecular weight excluding hydrogens is 865 g/mol. The Hall–Kier alpha value is -5.68. The molecule has 1 saturated heterocycles. The minimum atomic E-state index is -3.89. The first-order valence-electron chi connectivity index (χ1n) is 23.3. The number of aromatic nitrogens is 2. The number of carbonyl (C=O) groups excluding carboxylic acids is 2. The van der Waals surface area contributed by atoms with E-state index in [9.17, 15) is 38.5 Å². The van der Waals surface area contributed by atoms with E-state index in [0.29, 0.717) is 58.0 Å². The van der Waals surface area contributed by atoms with Gasteiger partial charge in [-0.15, -0.1) is 0 Å². The molecule has 2 amide bonds. The molecule has 3 aromatic rings. The quantitative estimate of drug-likeness (QED) is 0.0901. The van der Waals surface area contributed by atoms with Crippen LogP contribution in [-0.2, 0) is 20.6 Å². The summed E-state index contributed by atoms with van der Waals surface area (Å²) >= 11 is 0. The van der Waals surface area contributed by atoms with Gasteiger partial charge in [0.25, 0.3) is 0 Å². The van der Waals surface area contributed by atoms with Gasteiger partial charge >= 0.3 is 23.8 Å². The second-order valence-corrected chi connectivity index (χ2v) is 19.2. The van der Waals surface area contributed by atoms with Crippen molar-refractivity contribution in [1.82, 2.24) is 9.55 Å². The number of ether oxygens (including phenoxy) is 3. The molecule has 1 aliphatic heterocycles. The molecular formula is C51H61F2N5O9. The number of aliphatic hydroxyl groups excluding tert-OH is 3. The molecule has 2 heterocycles. The van der Waals surface area contributed by atoms with Crippen LogP contribution < -0.4 is 22.1 Å².